The highest BCUT2D eigenvalue weighted by atomic mass is 32.2. The number of carbonyl (C=O) groups excluding carboxylic acids is 1. The summed E-state index contributed by atoms with van der Waals surface area (Å²) in [7, 11) is 0. The molecule has 0 saturated carbocycles. The van der Waals surface area contributed by atoms with Crippen LogP contribution in [0.5, 0.6) is 0 Å². The van der Waals surface area contributed by atoms with Crippen molar-refractivity contribution in [2.75, 3.05) is 11.1 Å². The van der Waals surface area contributed by atoms with Crippen LogP contribution in [0.3, 0.4) is 0 Å². The Morgan fingerprint density at radius 1 is 1.15 bits per heavy atom. The Kier molecular flexibility index (Phi) is 5.54. The molecule has 0 saturated heterocycles. The first kappa shape index (κ1) is 21.5. The molecule has 0 fully saturated rings. The molecule has 1 unspecified atom stereocenters. The van der Waals surface area contributed by atoms with Crippen LogP contribution in [0.15, 0.2) is 58.6 Å². The van der Waals surface area contributed by atoms with Gasteiger partial charge in [0, 0.05) is 17.9 Å². The monoisotopic (exact) mass is 459 g/mol. The Balaban J connectivity index is 1.42. The molecule has 5 rings (SSSR count). The van der Waals surface area contributed by atoms with Crippen molar-refractivity contribution in [3.05, 3.63) is 75.7 Å². The quantitative estimate of drug-likeness (QED) is 0.446. The maximum Gasteiger partial charge on any atom is 0.265 e. The van der Waals surface area contributed by atoms with Gasteiger partial charge in [0.1, 0.15) is 5.39 Å². The molecule has 2 aromatic carbocycles. The van der Waals surface area contributed by atoms with Crippen LogP contribution < -0.4 is 10.9 Å². The number of fused-ring (bicyclic) bond motifs is 2. The number of aromatic nitrogens is 4. The fourth-order valence-corrected chi connectivity index (χ4v) is 5.21. The summed E-state index contributed by atoms with van der Waals surface area (Å²) in [6.07, 6.45) is 2.74. The van der Waals surface area contributed by atoms with Gasteiger partial charge in [-0.05, 0) is 61.2 Å². The predicted octanol–water partition coefficient (Wildman–Crippen LogP) is 4.44. The smallest absolute Gasteiger partial charge is 0.265 e. The summed E-state index contributed by atoms with van der Waals surface area (Å²) in [6, 6.07) is 13.7. The first-order valence-corrected chi connectivity index (χ1v) is 12.0. The van der Waals surface area contributed by atoms with Crippen molar-refractivity contribution in [2.24, 2.45) is 0 Å². The second-order valence-electron chi connectivity index (χ2n) is 8.40. The molecular formula is C25H25N5O2S. The number of rotatable bonds is 5. The number of hydrogen-bond acceptors (Lipinski definition) is 5. The molecule has 0 spiro atoms. The molecule has 1 aliphatic rings. The van der Waals surface area contributed by atoms with E-state index in [1.165, 1.54) is 22.9 Å². The van der Waals surface area contributed by atoms with Crippen LogP contribution in [-0.4, -0.2) is 31.0 Å². The van der Waals surface area contributed by atoms with Crippen molar-refractivity contribution in [1.82, 2.24) is 19.3 Å². The molecule has 0 aliphatic carbocycles. The molecule has 1 N–H and O–H groups in total. The van der Waals surface area contributed by atoms with Gasteiger partial charge in [0.05, 0.1) is 17.9 Å². The van der Waals surface area contributed by atoms with Crippen LogP contribution in [0.25, 0.3) is 16.7 Å². The fourth-order valence-electron chi connectivity index (χ4n) is 4.08. The summed E-state index contributed by atoms with van der Waals surface area (Å²) in [5.41, 5.74) is 5.60. The Morgan fingerprint density at radius 2 is 1.94 bits per heavy atom. The molecular weight excluding hydrogens is 434 g/mol. The highest BCUT2D eigenvalue weighted by Crippen LogP contribution is 2.33. The van der Waals surface area contributed by atoms with Crippen LogP contribution in [0.2, 0.25) is 0 Å². The zero-order chi connectivity index (χ0) is 23.1. The second kappa shape index (κ2) is 8.51. The Labute approximate surface area is 195 Å². The van der Waals surface area contributed by atoms with E-state index in [1.807, 2.05) is 49.4 Å². The van der Waals surface area contributed by atoms with E-state index >= 15 is 0 Å². The van der Waals surface area contributed by atoms with Crippen molar-refractivity contribution in [2.45, 2.75) is 44.8 Å². The summed E-state index contributed by atoms with van der Waals surface area (Å²) >= 11 is 1.50. The molecule has 168 valence electrons. The zero-order valence-electron chi connectivity index (χ0n) is 18.8. The van der Waals surface area contributed by atoms with Crippen LogP contribution in [0.4, 0.5) is 5.69 Å². The molecule has 3 heterocycles. The lowest BCUT2D eigenvalue weighted by Crippen LogP contribution is -2.27. The van der Waals surface area contributed by atoms with Gasteiger partial charge in [-0.25, -0.2) is 9.67 Å². The molecule has 0 bridgehead atoms. The number of thioether (sulfide) groups is 1. The van der Waals surface area contributed by atoms with Crippen LogP contribution in [-0.2, 0) is 11.2 Å². The highest BCUT2D eigenvalue weighted by Gasteiger charge is 2.29. The molecule has 1 aliphatic heterocycles. The third-order valence-electron chi connectivity index (χ3n) is 6.17. The molecule has 1 atom stereocenters. The minimum Gasteiger partial charge on any atom is -0.326 e. The van der Waals surface area contributed by atoms with Crippen molar-refractivity contribution >= 4 is 34.4 Å². The average Bonchev–Trinajstić information content (AvgIpc) is 3.41. The first-order chi connectivity index (χ1) is 15.9. The number of aryl methyl sites for hydroxylation is 3. The van der Waals surface area contributed by atoms with Crippen molar-refractivity contribution in [1.29, 1.82) is 0 Å². The molecule has 4 aromatic rings. The first-order valence-electron chi connectivity index (χ1n) is 11.0. The van der Waals surface area contributed by atoms with Gasteiger partial charge in [0.2, 0.25) is 5.91 Å². The van der Waals surface area contributed by atoms with Gasteiger partial charge in [0.25, 0.3) is 5.56 Å². The average molecular weight is 460 g/mol. The Bertz CT molecular complexity index is 1420. The largest absolute Gasteiger partial charge is 0.326 e. The topological polar surface area (TPSA) is 81.8 Å². The van der Waals surface area contributed by atoms with Crippen molar-refractivity contribution in [3.8, 4) is 5.69 Å². The summed E-state index contributed by atoms with van der Waals surface area (Å²) in [6.45, 7) is 6.20. The zero-order valence-corrected chi connectivity index (χ0v) is 19.6. The van der Waals surface area contributed by atoms with Gasteiger partial charge in [0.15, 0.2) is 10.8 Å². The van der Waals surface area contributed by atoms with Gasteiger partial charge in [-0.15, -0.1) is 0 Å². The SMILES string of the molecule is CCc1ccc(NC(=O)CC2CSc3nc4c(cnn4-c4ccc(C)c(C)c4)c(=O)n32)cc1. The summed E-state index contributed by atoms with van der Waals surface area (Å²) in [5, 5.41) is 8.47. The molecule has 0 radical (unpaired) electrons. The van der Waals surface area contributed by atoms with Gasteiger partial charge in [-0.2, -0.15) is 5.10 Å². The van der Waals surface area contributed by atoms with E-state index in [1.54, 1.807) is 15.4 Å². The summed E-state index contributed by atoms with van der Waals surface area (Å²) in [4.78, 5) is 30.8. The van der Waals surface area contributed by atoms with E-state index in [9.17, 15) is 9.59 Å². The predicted molar refractivity (Wildman–Crippen MR) is 131 cm³/mol. The van der Waals surface area contributed by atoms with Crippen LogP contribution in [0, 0.1) is 13.8 Å². The number of amides is 1. The van der Waals surface area contributed by atoms with E-state index in [2.05, 4.69) is 24.3 Å². The van der Waals surface area contributed by atoms with Crippen LogP contribution in [0.1, 0.15) is 36.1 Å². The van der Waals surface area contributed by atoms with Crippen molar-refractivity contribution in [3.63, 3.8) is 0 Å². The van der Waals surface area contributed by atoms with Crippen LogP contribution >= 0.6 is 11.8 Å². The minimum atomic E-state index is -0.241. The third kappa shape index (κ3) is 3.95. The number of nitrogens with one attached hydrogen (secondary N) is 1. The Morgan fingerprint density at radius 3 is 2.67 bits per heavy atom. The van der Waals surface area contributed by atoms with E-state index in [0.29, 0.717) is 21.9 Å². The van der Waals surface area contributed by atoms with Gasteiger partial charge >= 0.3 is 0 Å². The van der Waals surface area contributed by atoms with E-state index in [-0.39, 0.29) is 23.9 Å². The van der Waals surface area contributed by atoms with E-state index < -0.39 is 0 Å². The number of benzene rings is 2. The lowest BCUT2D eigenvalue weighted by Gasteiger charge is -2.14. The number of anilines is 1. The molecule has 33 heavy (non-hydrogen) atoms. The van der Waals surface area contributed by atoms with Gasteiger partial charge in [-0.1, -0.05) is 36.9 Å². The normalized spacial score (nSPS) is 15.1. The fraction of sp³-hybridized carbons (Fsp3) is 0.280. The van der Waals surface area contributed by atoms with Crippen molar-refractivity contribution < 1.29 is 4.79 Å². The number of hydrogen-bond donors (Lipinski definition) is 1. The standard InChI is InChI=1S/C25H25N5O2S/c1-4-17-6-8-18(9-7-17)27-22(31)12-20-14-33-25-28-23-21(24(32)29(20)25)13-26-30(23)19-10-5-15(2)16(3)11-19/h5-11,13,20H,4,12,14H2,1-3H3,(H,27,31). The summed E-state index contributed by atoms with van der Waals surface area (Å²) < 4.78 is 3.36. The minimum absolute atomic E-state index is 0.115. The summed E-state index contributed by atoms with van der Waals surface area (Å²) in [5.74, 6) is 0.518. The maximum absolute atomic E-state index is 13.3. The number of carbonyl (C=O) groups is 1. The maximum atomic E-state index is 13.3. The van der Waals surface area contributed by atoms with E-state index in [4.69, 9.17) is 4.98 Å². The second-order valence-corrected chi connectivity index (χ2v) is 9.39. The molecule has 7 nitrogen and oxygen atoms in total. The molecule has 1 amide bonds. The lowest BCUT2D eigenvalue weighted by atomic mass is 10.1. The Hall–Kier alpha value is -3.39. The lowest BCUT2D eigenvalue weighted by molar-refractivity contribution is -0.116. The number of nitrogens with zero attached hydrogens (tertiary/aromatic N) is 4. The third-order valence-corrected chi connectivity index (χ3v) is 7.27. The highest BCUT2D eigenvalue weighted by molar-refractivity contribution is 7.99. The van der Waals surface area contributed by atoms with E-state index in [0.717, 1.165) is 23.4 Å². The van der Waals surface area contributed by atoms with Gasteiger partial charge in [-0.3, -0.25) is 14.2 Å². The molecule has 2 aromatic heterocycles. The molecule has 8 heteroatoms. The van der Waals surface area contributed by atoms with Gasteiger partial charge < -0.3 is 5.32 Å².